The molecular formula is C12H12FNO3. The Kier molecular flexibility index (Phi) is 3.08. The summed E-state index contributed by atoms with van der Waals surface area (Å²) in [5.74, 6) is -1.67. The van der Waals surface area contributed by atoms with Crippen LogP contribution in [0.5, 0.6) is 0 Å². The van der Waals surface area contributed by atoms with E-state index in [4.69, 9.17) is 0 Å². The summed E-state index contributed by atoms with van der Waals surface area (Å²) in [7, 11) is 1.27. The van der Waals surface area contributed by atoms with Crippen molar-refractivity contribution in [3.8, 4) is 0 Å². The number of nitrogens with one attached hydrogen (secondary N) is 1. The van der Waals surface area contributed by atoms with Gasteiger partial charge in [0, 0.05) is 6.42 Å². The third kappa shape index (κ3) is 2.27. The third-order valence-corrected chi connectivity index (χ3v) is 2.84. The maximum atomic E-state index is 13.1. The first-order chi connectivity index (χ1) is 8.11. The van der Waals surface area contributed by atoms with Crippen molar-refractivity contribution in [2.24, 2.45) is 5.92 Å². The van der Waals surface area contributed by atoms with E-state index in [0.717, 1.165) is 0 Å². The molecule has 1 aliphatic rings. The van der Waals surface area contributed by atoms with Crippen molar-refractivity contribution in [1.82, 2.24) is 5.32 Å². The summed E-state index contributed by atoms with van der Waals surface area (Å²) >= 11 is 0. The number of methoxy groups -OCH3 is 1. The van der Waals surface area contributed by atoms with Gasteiger partial charge in [0.15, 0.2) is 0 Å². The van der Waals surface area contributed by atoms with Crippen molar-refractivity contribution in [3.63, 3.8) is 0 Å². The summed E-state index contributed by atoms with van der Waals surface area (Å²) in [5, 5.41) is 2.66. The summed E-state index contributed by atoms with van der Waals surface area (Å²) in [6.07, 6.45) is 0.0772. The Bertz CT molecular complexity index is 461. The summed E-state index contributed by atoms with van der Waals surface area (Å²) in [6.45, 7) is 0. The molecule has 2 atom stereocenters. The van der Waals surface area contributed by atoms with E-state index in [0.29, 0.717) is 5.56 Å². The molecule has 0 radical (unpaired) electrons. The predicted molar refractivity (Wildman–Crippen MR) is 57.4 cm³/mol. The molecule has 0 bridgehead atoms. The number of carbonyl (C=O) groups excluding carboxylic acids is 2. The topological polar surface area (TPSA) is 55.4 Å². The number of hydrogen-bond donors (Lipinski definition) is 1. The van der Waals surface area contributed by atoms with Crippen LogP contribution in [0.15, 0.2) is 24.3 Å². The van der Waals surface area contributed by atoms with E-state index < -0.39 is 23.7 Å². The second kappa shape index (κ2) is 4.53. The van der Waals surface area contributed by atoms with Gasteiger partial charge in [0.1, 0.15) is 5.82 Å². The Labute approximate surface area is 97.8 Å². The van der Waals surface area contributed by atoms with Crippen LogP contribution in [0.1, 0.15) is 18.0 Å². The SMILES string of the molecule is COC(=O)C1CC(=O)NC1c1cccc(F)c1. The summed E-state index contributed by atoms with van der Waals surface area (Å²) < 4.78 is 17.7. The highest BCUT2D eigenvalue weighted by Crippen LogP contribution is 2.31. The lowest BCUT2D eigenvalue weighted by Crippen LogP contribution is -2.25. The van der Waals surface area contributed by atoms with Crippen molar-refractivity contribution in [1.29, 1.82) is 0 Å². The van der Waals surface area contributed by atoms with Gasteiger partial charge in [-0.1, -0.05) is 12.1 Å². The largest absolute Gasteiger partial charge is 0.469 e. The number of esters is 1. The highest BCUT2D eigenvalue weighted by Gasteiger charge is 2.39. The average Bonchev–Trinajstić information content (AvgIpc) is 2.70. The van der Waals surface area contributed by atoms with Crippen LogP contribution in [0.4, 0.5) is 4.39 Å². The van der Waals surface area contributed by atoms with Crippen LogP contribution in [-0.4, -0.2) is 19.0 Å². The molecule has 0 spiro atoms. The number of halogens is 1. The molecule has 1 aliphatic heterocycles. The number of benzene rings is 1. The molecule has 0 aliphatic carbocycles. The monoisotopic (exact) mass is 237 g/mol. The quantitative estimate of drug-likeness (QED) is 0.786. The molecule has 90 valence electrons. The van der Waals surface area contributed by atoms with Gasteiger partial charge in [0.2, 0.25) is 5.91 Å². The van der Waals surface area contributed by atoms with Crippen molar-refractivity contribution in [2.45, 2.75) is 12.5 Å². The maximum absolute atomic E-state index is 13.1. The van der Waals surface area contributed by atoms with E-state index in [9.17, 15) is 14.0 Å². The molecule has 5 heteroatoms. The zero-order valence-electron chi connectivity index (χ0n) is 9.27. The molecule has 17 heavy (non-hydrogen) atoms. The normalized spacial score (nSPS) is 23.3. The van der Waals surface area contributed by atoms with E-state index in [1.165, 1.54) is 19.2 Å². The van der Waals surface area contributed by atoms with Gasteiger partial charge in [0.05, 0.1) is 19.1 Å². The van der Waals surface area contributed by atoms with E-state index in [2.05, 4.69) is 10.1 Å². The van der Waals surface area contributed by atoms with Gasteiger partial charge in [-0.3, -0.25) is 9.59 Å². The number of amides is 1. The second-order valence-corrected chi connectivity index (χ2v) is 3.93. The van der Waals surface area contributed by atoms with Gasteiger partial charge in [-0.05, 0) is 17.7 Å². The minimum absolute atomic E-state index is 0.0772. The zero-order chi connectivity index (χ0) is 12.4. The van der Waals surface area contributed by atoms with Gasteiger partial charge in [-0.25, -0.2) is 4.39 Å². The van der Waals surface area contributed by atoms with Gasteiger partial charge < -0.3 is 10.1 Å². The van der Waals surface area contributed by atoms with Gasteiger partial charge in [-0.2, -0.15) is 0 Å². The Morgan fingerprint density at radius 2 is 2.29 bits per heavy atom. The first kappa shape index (κ1) is 11.6. The lowest BCUT2D eigenvalue weighted by Gasteiger charge is -2.17. The van der Waals surface area contributed by atoms with Crippen molar-refractivity contribution >= 4 is 11.9 Å². The van der Waals surface area contributed by atoms with Crippen LogP contribution in [0, 0.1) is 11.7 Å². The van der Waals surface area contributed by atoms with E-state index >= 15 is 0 Å². The summed E-state index contributed by atoms with van der Waals surface area (Å²) in [6, 6.07) is 5.34. The molecule has 0 saturated carbocycles. The molecule has 2 rings (SSSR count). The smallest absolute Gasteiger partial charge is 0.311 e. The van der Waals surface area contributed by atoms with Gasteiger partial charge >= 0.3 is 5.97 Å². The Morgan fingerprint density at radius 3 is 2.94 bits per heavy atom. The zero-order valence-corrected chi connectivity index (χ0v) is 9.27. The lowest BCUT2D eigenvalue weighted by molar-refractivity contribution is -0.146. The van der Waals surface area contributed by atoms with E-state index in [1.54, 1.807) is 12.1 Å². The molecule has 1 saturated heterocycles. The fourth-order valence-corrected chi connectivity index (χ4v) is 2.04. The fourth-order valence-electron chi connectivity index (χ4n) is 2.04. The Hall–Kier alpha value is -1.91. The van der Waals surface area contributed by atoms with Crippen molar-refractivity contribution in [3.05, 3.63) is 35.6 Å². The molecule has 1 amide bonds. The summed E-state index contributed by atoms with van der Waals surface area (Å²) in [5.41, 5.74) is 0.575. The standard InChI is InChI=1S/C12H12FNO3/c1-17-12(16)9-6-10(15)14-11(9)7-3-2-4-8(13)5-7/h2-5,9,11H,6H2,1H3,(H,14,15). The van der Waals surface area contributed by atoms with Gasteiger partial charge in [0.25, 0.3) is 0 Å². The number of hydrogen-bond acceptors (Lipinski definition) is 3. The van der Waals surface area contributed by atoms with Crippen molar-refractivity contribution < 1.29 is 18.7 Å². The minimum atomic E-state index is -0.589. The molecule has 1 fully saturated rings. The lowest BCUT2D eigenvalue weighted by atomic mass is 9.94. The Morgan fingerprint density at radius 1 is 1.53 bits per heavy atom. The maximum Gasteiger partial charge on any atom is 0.311 e. The molecule has 4 nitrogen and oxygen atoms in total. The van der Waals surface area contributed by atoms with Crippen LogP contribution in [0.2, 0.25) is 0 Å². The molecule has 1 aromatic carbocycles. The fraction of sp³-hybridized carbons (Fsp3) is 0.333. The highest BCUT2D eigenvalue weighted by molar-refractivity contribution is 5.87. The van der Waals surface area contributed by atoms with E-state index in [-0.39, 0.29) is 12.3 Å². The van der Waals surface area contributed by atoms with Crippen molar-refractivity contribution in [2.75, 3.05) is 7.11 Å². The second-order valence-electron chi connectivity index (χ2n) is 3.93. The molecule has 0 aromatic heterocycles. The van der Waals surface area contributed by atoms with Gasteiger partial charge in [-0.15, -0.1) is 0 Å². The average molecular weight is 237 g/mol. The predicted octanol–water partition coefficient (Wildman–Crippen LogP) is 1.18. The highest BCUT2D eigenvalue weighted by atomic mass is 19.1. The molecule has 2 unspecified atom stereocenters. The first-order valence-electron chi connectivity index (χ1n) is 5.24. The molecule has 1 heterocycles. The molecule has 1 aromatic rings. The van der Waals surface area contributed by atoms with E-state index in [1.807, 2.05) is 0 Å². The minimum Gasteiger partial charge on any atom is -0.469 e. The van der Waals surface area contributed by atoms with Crippen LogP contribution in [-0.2, 0) is 14.3 Å². The summed E-state index contributed by atoms with van der Waals surface area (Å²) in [4.78, 5) is 22.8. The molecular weight excluding hydrogens is 225 g/mol. The van der Waals surface area contributed by atoms with Crippen LogP contribution < -0.4 is 5.32 Å². The number of rotatable bonds is 2. The van der Waals surface area contributed by atoms with Crippen LogP contribution in [0.25, 0.3) is 0 Å². The number of carbonyl (C=O) groups is 2. The Balaban J connectivity index is 2.29. The van der Waals surface area contributed by atoms with Crippen LogP contribution >= 0.6 is 0 Å². The third-order valence-electron chi connectivity index (χ3n) is 2.84. The first-order valence-corrected chi connectivity index (χ1v) is 5.24. The molecule has 1 N–H and O–H groups in total. The van der Waals surface area contributed by atoms with Crippen LogP contribution in [0.3, 0.4) is 0 Å². The number of ether oxygens (including phenoxy) is 1.